The third-order valence-corrected chi connectivity index (χ3v) is 8.37. The van der Waals surface area contributed by atoms with Crippen LogP contribution >= 0.6 is 11.6 Å². The Balaban J connectivity index is 1.65. The summed E-state index contributed by atoms with van der Waals surface area (Å²) in [5.41, 5.74) is 5.64. The van der Waals surface area contributed by atoms with Gasteiger partial charge in [0.15, 0.2) is 0 Å². The molecule has 0 saturated carbocycles. The fraction of sp³-hybridized carbons (Fsp3) is 0.314. The lowest BCUT2D eigenvalue weighted by atomic mass is 9.97. The van der Waals surface area contributed by atoms with Crippen LogP contribution < -0.4 is 15.0 Å². The van der Waals surface area contributed by atoms with Gasteiger partial charge < -0.3 is 19.9 Å². The van der Waals surface area contributed by atoms with Gasteiger partial charge in [-0.25, -0.2) is 14.2 Å². The summed E-state index contributed by atoms with van der Waals surface area (Å²) in [6.45, 7) is 13.5. The van der Waals surface area contributed by atoms with E-state index in [1.54, 1.807) is 42.3 Å². The van der Waals surface area contributed by atoms with Gasteiger partial charge in [-0.15, -0.1) is 0 Å². The van der Waals surface area contributed by atoms with Gasteiger partial charge >= 0.3 is 6.09 Å². The lowest BCUT2D eigenvalue weighted by Gasteiger charge is -2.23. The molecule has 0 unspecified atom stereocenters. The molecule has 0 atom stereocenters. The van der Waals surface area contributed by atoms with Gasteiger partial charge in [0.2, 0.25) is 11.8 Å². The molecule has 0 aliphatic rings. The van der Waals surface area contributed by atoms with Crippen molar-refractivity contribution in [3.63, 3.8) is 0 Å². The molecule has 4 rings (SSSR count). The summed E-state index contributed by atoms with van der Waals surface area (Å²) in [7, 11) is 3.17. The predicted molar refractivity (Wildman–Crippen MR) is 182 cm³/mol. The number of ether oxygens (including phenoxy) is 1. The normalized spacial score (nSPS) is 11.0. The van der Waals surface area contributed by atoms with E-state index in [0.717, 1.165) is 46.8 Å². The largest absolute Gasteiger partial charge is 0.420 e. The molecule has 0 radical (unpaired) electrons. The van der Waals surface area contributed by atoms with Crippen LogP contribution in [0.4, 0.5) is 26.5 Å². The van der Waals surface area contributed by atoms with Crippen molar-refractivity contribution in [2.24, 2.45) is 0 Å². The maximum atomic E-state index is 14.5. The van der Waals surface area contributed by atoms with Crippen LogP contribution in [0.15, 0.2) is 60.7 Å². The number of benzene rings is 3. The van der Waals surface area contributed by atoms with Crippen LogP contribution in [-0.2, 0) is 0 Å². The molecule has 0 spiro atoms. The van der Waals surface area contributed by atoms with E-state index >= 15 is 0 Å². The predicted octanol–water partition coefficient (Wildman–Crippen LogP) is 7.65. The number of aromatic nitrogens is 2. The van der Waals surface area contributed by atoms with Crippen LogP contribution in [0.1, 0.15) is 40.9 Å². The van der Waals surface area contributed by atoms with Crippen LogP contribution in [-0.4, -0.2) is 72.0 Å². The molecule has 0 fully saturated rings. The van der Waals surface area contributed by atoms with Gasteiger partial charge in [0.05, 0.1) is 11.4 Å². The van der Waals surface area contributed by atoms with E-state index in [1.165, 1.54) is 25.2 Å². The van der Waals surface area contributed by atoms with Crippen molar-refractivity contribution in [2.45, 2.75) is 34.6 Å². The van der Waals surface area contributed by atoms with Gasteiger partial charge in [-0.1, -0.05) is 43.6 Å². The van der Waals surface area contributed by atoms with Gasteiger partial charge in [0.1, 0.15) is 5.82 Å². The number of nitrogens with zero attached hydrogens (tertiary/aromatic N) is 5. The summed E-state index contributed by atoms with van der Waals surface area (Å²) >= 11 is 6.04. The molecule has 0 aliphatic heterocycles. The SMILES string of the molecule is CCN(CC)CCN(C)C(=O)c1cccc(Nc2nc(OC(=O)N(C)c3cc(Cl)ccc3F)cc(-c3ccc(C)c(C)c3C)n2)c1. The molecule has 3 aromatic carbocycles. The first kappa shape index (κ1) is 34.3. The molecule has 1 heterocycles. The van der Waals surface area contributed by atoms with E-state index in [0.29, 0.717) is 23.5 Å². The van der Waals surface area contributed by atoms with Crippen molar-refractivity contribution in [1.29, 1.82) is 0 Å². The van der Waals surface area contributed by atoms with Crippen molar-refractivity contribution in [1.82, 2.24) is 19.8 Å². The highest BCUT2D eigenvalue weighted by atomic mass is 35.5. The monoisotopic (exact) mass is 646 g/mol. The van der Waals surface area contributed by atoms with Crippen LogP contribution in [0.3, 0.4) is 0 Å². The fourth-order valence-corrected chi connectivity index (χ4v) is 5.08. The number of likely N-dealkylation sites (N-methyl/N-ethyl adjacent to an activating group) is 2. The average Bonchev–Trinajstić information content (AvgIpc) is 3.04. The Morgan fingerprint density at radius 1 is 0.913 bits per heavy atom. The number of aryl methyl sites for hydroxylation is 1. The van der Waals surface area contributed by atoms with Crippen LogP contribution in [0, 0.1) is 26.6 Å². The molecule has 0 aliphatic carbocycles. The molecule has 9 nitrogen and oxygen atoms in total. The minimum Gasteiger partial charge on any atom is -0.391 e. The number of carbonyl (C=O) groups is 2. The average molecular weight is 647 g/mol. The molecule has 11 heteroatoms. The molecule has 1 N–H and O–H groups in total. The van der Waals surface area contributed by atoms with Crippen molar-refractivity contribution >= 4 is 40.9 Å². The van der Waals surface area contributed by atoms with Crippen molar-refractivity contribution in [2.75, 3.05) is 50.5 Å². The topological polar surface area (TPSA) is 90.9 Å². The zero-order valence-corrected chi connectivity index (χ0v) is 28.1. The zero-order chi connectivity index (χ0) is 33.5. The quantitative estimate of drug-likeness (QED) is 0.179. The lowest BCUT2D eigenvalue weighted by molar-refractivity contribution is 0.0779. The number of rotatable bonds is 11. The second-order valence-corrected chi connectivity index (χ2v) is 11.5. The number of amides is 2. The Bertz CT molecular complexity index is 1730. The summed E-state index contributed by atoms with van der Waals surface area (Å²) in [6.07, 6.45) is -0.867. The van der Waals surface area contributed by atoms with Gasteiger partial charge in [0.25, 0.3) is 5.91 Å². The smallest absolute Gasteiger partial charge is 0.391 e. The first-order valence-electron chi connectivity index (χ1n) is 15.1. The Kier molecular flexibility index (Phi) is 11.3. The number of hydrogen-bond donors (Lipinski definition) is 1. The van der Waals surface area contributed by atoms with Crippen LogP contribution in [0.5, 0.6) is 5.88 Å². The Labute approximate surface area is 275 Å². The molecular formula is C35H40ClFN6O3. The molecular weight excluding hydrogens is 607 g/mol. The van der Waals surface area contributed by atoms with E-state index in [-0.39, 0.29) is 28.4 Å². The molecule has 242 valence electrons. The molecule has 4 aromatic rings. The molecule has 2 amide bonds. The van der Waals surface area contributed by atoms with Crippen molar-refractivity contribution in [3.8, 4) is 17.1 Å². The summed E-state index contributed by atoms with van der Waals surface area (Å²) in [4.78, 5) is 40.5. The highest BCUT2D eigenvalue weighted by Gasteiger charge is 2.21. The van der Waals surface area contributed by atoms with E-state index in [1.807, 2.05) is 32.9 Å². The summed E-state index contributed by atoms with van der Waals surface area (Å²) in [5, 5.41) is 3.44. The second-order valence-electron chi connectivity index (χ2n) is 11.1. The fourth-order valence-electron chi connectivity index (χ4n) is 4.92. The zero-order valence-electron chi connectivity index (χ0n) is 27.3. The number of halogens is 2. The highest BCUT2D eigenvalue weighted by Crippen LogP contribution is 2.30. The third-order valence-electron chi connectivity index (χ3n) is 8.13. The van der Waals surface area contributed by atoms with Crippen LogP contribution in [0.2, 0.25) is 5.02 Å². The highest BCUT2D eigenvalue weighted by molar-refractivity contribution is 6.30. The second kappa shape index (κ2) is 15.2. The number of carbonyl (C=O) groups excluding carboxylic acids is 2. The lowest BCUT2D eigenvalue weighted by Crippen LogP contribution is -2.36. The number of nitrogens with one attached hydrogen (secondary N) is 1. The number of anilines is 3. The Morgan fingerprint density at radius 3 is 2.37 bits per heavy atom. The van der Waals surface area contributed by atoms with Crippen LogP contribution in [0.25, 0.3) is 11.3 Å². The van der Waals surface area contributed by atoms with Gasteiger partial charge in [0, 0.05) is 55.1 Å². The Morgan fingerprint density at radius 2 is 1.65 bits per heavy atom. The summed E-state index contributed by atoms with van der Waals surface area (Å²) in [6, 6.07) is 16.5. The molecule has 0 bridgehead atoms. The molecule has 0 saturated heterocycles. The maximum absolute atomic E-state index is 14.5. The maximum Gasteiger partial charge on any atom is 0.420 e. The first-order valence-corrected chi connectivity index (χ1v) is 15.5. The minimum atomic E-state index is -0.867. The summed E-state index contributed by atoms with van der Waals surface area (Å²) in [5.74, 6) is -0.641. The number of hydrogen-bond acceptors (Lipinski definition) is 7. The third kappa shape index (κ3) is 8.18. The van der Waals surface area contributed by atoms with E-state index in [2.05, 4.69) is 29.0 Å². The van der Waals surface area contributed by atoms with Gasteiger partial charge in [-0.3, -0.25) is 9.69 Å². The minimum absolute atomic E-state index is 0.0429. The first-order chi connectivity index (χ1) is 21.9. The van der Waals surface area contributed by atoms with Crippen molar-refractivity contribution in [3.05, 3.63) is 93.8 Å². The van der Waals surface area contributed by atoms with Gasteiger partial charge in [-0.2, -0.15) is 4.98 Å². The summed E-state index contributed by atoms with van der Waals surface area (Å²) < 4.78 is 20.1. The standard InChI is InChI=1S/C35H40ClFN6O3/c1-8-43(9-2)18-17-41(6)33(44)25-11-10-12-27(19-25)38-34-39-30(28-15-13-22(3)23(4)24(28)5)21-32(40-34)46-35(45)42(7)31-20-26(36)14-16-29(31)37/h10-16,19-21H,8-9,17-18H2,1-7H3,(H,38,39,40). The van der Waals surface area contributed by atoms with E-state index < -0.39 is 11.9 Å². The van der Waals surface area contributed by atoms with E-state index in [9.17, 15) is 14.0 Å². The van der Waals surface area contributed by atoms with Gasteiger partial charge in [-0.05, 0) is 86.9 Å². The molecule has 46 heavy (non-hydrogen) atoms. The molecule has 1 aromatic heterocycles. The van der Waals surface area contributed by atoms with Crippen molar-refractivity contribution < 1.29 is 18.7 Å². The van der Waals surface area contributed by atoms with E-state index in [4.69, 9.17) is 21.3 Å². The Hall–Kier alpha value is -4.54.